The maximum Gasteiger partial charge on any atom is 0.223 e. The minimum absolute atomic E-state index is 0.0382. The van der Waals surface area contributed by atoms with Crippen LogP contribution in [0.15, 0.2) is 0 Å². The van der Waals surface area contributed by atoms with E-state index in [9.17, 15) is 9.59 Å². The van der Waals surface area contributed by atoms with Gasteiger partial charge in [-0.3, -0.25) is 9.59 Å². The summed E-state index contributed by atoms with van der Waals surface area (Å²) in [7, 11) is 0. The number of carbonyl (C=O) groups excluding carboxylic acids is 2. The van der Waals surface area contributed by atoms with Crippen LogP contribution in [-0.2, 0) is 9.59 Å². The molecular formula is C7H12N2O2. The molecule has 2 amide bonds. The predicted octanol–water partition coefficient (Wildman–Crippen LogP) is -0.660. The van der Waals surface area contributed by atoms with Crippen LogP contribution < -0.4 is 5.73 Å². The largest absolute Gasteiger partial charge is 0.369 e. The number of nitrogens with zero attached hydrogens (tertiary/aromatic N) is 1. The van der Waals surface area contributed by atoms with Crippen LogP contribution >= 0.6 is 0 Å². The van der Waals surface area contributed by atoms with Gasteiger partial charge in [0.05, 0.1) is 0 Å². The molecule has 4 nitrogen and oxygen atoms in total. The molecule has 1 heterocycles. The fraction of sp³-hybridized carbons (Fsp3) is 0.714. The third-order valence-electron chi connectivity index (χ3n) is 1.77. The highest BCUT2D eigenvalue weighted by atomic mass is 16.2. The van der Waals surface area contributed by atoms with E-state index >= 15 is 0 Å². The summed E-state index contributed by atoms with van der Waals surface area (Å²) in [5, 5.41) is 0. The van der Waals surface area contributed by atoms with Gasteiger partial charge in [0.1, 0.15) is 0 Å². The van der Waals surface area contributed by atoms with Gasteiger partial charge in [0, 0.05) is 25.4 Å². The highest BCUT2D eigenvalue weighted by molar-refractivity contribution is 5.85. The van der Waals surface area contributed by atoms with Crippen LogP contribution in [0.2, 0.25) is 0 Å². The topological polar surface area (TPSA) is 63.2 Å². The van der Waals surface area contributed by atoms with E-state index in [-0.39, 0.29) is 18.2 Å². The molecule has 0 saturated carbocycles. The lowest BCUT2D eigenvalue weighted by Gasteiger charge is -2.05. The minimum Gasteiger partial charge on any atom is -0.369 e. The molecule has 11 heavy (non-hydrogen) atoms. The molecule has 1 saturated heterocycles. The lowest BCUT2D eigenvalue weighted by Crippen LogP contribution is -2.25. The van der Waals surface area contributed by atoms with E-state index < -0.39 is 5.91 Å². The smallest absolute Gasteiger partial charge is 0.223 e. The van der Waals surface area contributed by atoms with Gasteiger partial charge in [-0.25, -0.2) is 0 Å². The Morgan fingerprint density at radius 1 is 1.55 bits per heavy atom. The fourth-order valence-electron chi connectivity index (χ4n) is 0.791. The zero-order valence-electron chi connectivity index (χ0n) is 6.54. The Balaban J connectivity index is 2.28. The second-order valence-corrected chi connectivity index (χ2v) is 2.89. The van der Waals surface area contributed by atoms with E-state index in [1.807, 2.05) is 0 Å². The Hall–Kier alpha value is -1.06. The molecule has 0 aromatic heterocycles. The van der Waals surface area contributed by atoms with Gasteiger partial charge in [0.15, 0.2) is 0 Å². The monoisotopic (exact) mass is 156 g/mol. The SMILES string of the molecule is CC(CC(=O)N1CC1)C(N)=O. The molecule has 1 aliphatic rings. The highest BCUT2D eigenvalue weighted by Crippen LogP contribution is 2.10. The average molecular weight is 156 g/mol. The van der Waals surface area contributed by atoms with E-state index in [0.29, 0.717) is 0 Å². The van der Waals surface area contributed by atoms with Gasteiger partial charge in [-0.05, 0) is 0 Å². The summed E-state index contributed by atoms with van der Waals surface area (Å²) in [6.07, 6.45) is 0.259. The predicted molar refractivity (Wildman–Crippen MR) is 39.6 cm³/mol. The number of hydrogen-bond acceptors (Lipinski definition) is 2. The van der Waals surface area contributed by atoms with Gasteiger partial charge in [0.2, 0.25) is 11.8 Å². The van der Waals surface area contributed by atoms with Crippen LogP contribution in [0.5, 0.6) is 0 Å². The molecular weight excluding hydrogens is 144 g/mol. The first-order chi connectivity index (χ1) is 5.11. The zero-order chi connectivity index (χ0) is 8.43. The first-order valence-corrected chi connectivity index (χ1v) is 3.68. The number of hydrogen-bond donors (Lipinski definition) is 1. The van der Waals surface area contributed by atoms with Crippen molar-refractivity contribution in [3.05, 3.63) is 0 Å². The molecule has 0 spiro atoms. The van der Waals surface area contributed by atoms with Crippen molar-refractivity contribution in [3.63, 3.8) is 0 Å². The van der Waals surface area contributed by atoms with Gasteiger partial charge in [-0.15, -0.1) is 0 Å². The van der Waals surface area contributed by atoms with Crippen molar-refractivity contribution in [2.75, 3.05) is 13.1 Å². The molecule has 1 fully saturated rings. The molecule has 2 N–H and O–H groups in total. The van der Waals surface area contributed by atoms with Gasteiger partial charge in [0.25, 0.3) is 0 Å². The van der Waals surface area contributed by atoms with Crippen molar-refractivity contribution in [2.24, 2.45) is 11.7 Å². The Kier molecular flexibility index (Phi) is 2.12. The summed E-state index contributed by atoms with van der Waals surface area (Å²) in [6, 6.07) is 0. The number of rotatable bonds is 3. The van der Waals surface area contributed by atoms with Crippen molar-refractivity contribution in [2.45, 2.75) is 13.3 Å². The van der Waals surface area contributed by atoms with Crippen molar-refractivity contribution in [1.82, 2.24) is 4.90 Å². The number of carbonyl (C=O) groups is 2. The normalized spacial score (nSPS) is 17.7. The van der Waals surface area contributed by atoms with E-state index in [0.717, 1.165) is 13.1 Å². The molecule has 1 atom stereocenters. The molecule has 1 rings (SSSR count). The standard InChI is InChI=1S/C7H12N2O2/c1-5(7(8)11)4-6(10)9-2-3-9/h5H,2-4H2,1H3,(H2,8,11). The second-order valence-electron chi connectivity index (χ2n) is 2.89. The first kappa shape index (κ1) is 8.04. The number of primary amides is 1. The van der Waals surface area contributed by atoms with E-state index in [2.05, 4.69) is 0 Å². The average Bonchev–Trinajstić information content (AvgIpc) is 2.67. The molecule has 0 aliphatic carbocycles. The zero-order valence-corrected chi connectivity index (χ0v) is 6.54. The minimum atomic E-state index is -0.403. The summed E-state index contributed by atoms with van der Waals surface area (Å²) < 4.78 is 0. The molecule has 62 valence electrons. The van der Waals surface area contributed by atoms with Crippen LogP contribution in [0, 0.1) is 5.92 Å². The first-order valence-electron chi connectivity index (χ1n) is 3.68. The Morgan fingerprint density at radius 2 is 2.09 bits per heavy atom. The summed E-state index contributed by atoms with van der Waals surface area (Å²) in [6.45, 7) is 3.35. The summed E-state index contributed by atoms with van der Waals surface area (Å²) in [5.41, 5.74) is 5.00. The highest BCUT2D eigenvalue weighted by Gasteiger charge is 2.26. The van der Waals surface area contributed by atoms with Crippen molar-refractivity contribution >= 4 is 11.8 Å². The molecule has 4 heteroatoms. The summed E-state index contributed by atoms with van der Waals surface area (Å²) >= 11 is 0. The number of nitrogens with two attached hydrogens (primary N) is 1. The van der Waals surface area contributed by atoms with Gasteiger partial charge in [-0.2, -0.15) is 0 Å². The van der Waals surface area contributed by atoms with Gasteiger partial charge in [-0.1, -0.05) is 6.92 Å². The van der Waals surface area contributed by atoms with E-state index in [1.165, 1.54) is 0 Å². The molecule has 1 aliphatic heterocycles. The summed E-state index contributed by atoms with van der Waals surface area (Å²) in [5.74, 6) is -0.695. The third kappa shape index (κ3) is 2.22. The Bertz CT molecular complexity index is 187. The lowest BCUT2D eigenvalue weighted by atomic mass is 10.1. The van der Waals surface area contributed by atoms with Crippen LogP contribution in [0.1, 0.15) is 13.3 Å². The van der Waals surface area contributed by atoms with Crippen LogP contribution in [0.3, 0.4) is 0 Å². The quantitative estimate of drug-likeness (QED) is 0.551. The molecule has 0 bridgehead atoms. The summed E-state index contributed by atoms with van der Waals surface area (Å²) in [4.78, 5) is 23.3. The second kappa shape index (κ2) is 2.90. The van der Waals surface area contributed by atoms with Gasteiger partial charge >= 0.3 is 0 Å². The molecule has 0 aromatic rings. The van der Waals surface area contributed by atoms with Gasteiger partial charge < -0.3 is 10.6 Å². The maximum atomic E-state index is 11.0. The van der Waals surface area contributed by atoms with Crippen molar-refractivity contribution in [1.29, 1.82) is 0 Å². The molecule has 1 unspecified atom stereocenters. The van der Waals surface area contributed by atoms with Crippen molar-refractivity contribution < 1.29 is 9.59 Å². The van der Waals surface area contributed by atoms with Crippen LogP contribution in [0.4, 0.5) is 0 Å². The van der Waals surface area contributed by atoms with E-state index in [1.54, 1.807) is 11.8 Å². The fourth-order valence-corrected chi connectivity index (χ4v) is 0.791. The molecule has 0 radical (unpaired) electrons. The molecule has 0 aromatic carbocycles. The van der Waals surface area contributed by atoms with Crippen LogP contribution in [0.25, 0.3) is 0 Å². The van der Waals surface area contributed by atoms with Crippen LogP contribution in [-0.4, -0.2) is 29.8 Å². The Morgan fingerprint density at radius 3 is 2.45 bits per heavy atom. The number of amides is 2. The third-order valence-corrected chi connectivity index (χ3v) is 1.77. The van der Waals surface area contributed by atoms with E-state index in [4.69, 9.17) is 5.73 Å². The Labute approximate surface area is 65.3 Å². The lowest BCUT2D eigenvalue weighted by molar-refractivity contribution is -0.130. The maximum absolute atomic E-state index is 11.0. The van der Waals surface area contributed by atoms with Crippen molar-refractivity contribution in [3.8, 4) is 0 Å².